The van der Waals surface area contributed by atoms with Crippen molar-refractivity contribution < 1.29 is 9.59 Å². The highest BCUT2D eigenvalue weighted by Crippen LogP contribution is 2.31. The SMILES string of the molecule is Cc1cc(C)c(NC(=O)C(C)Sc2nnc(NC(=O)c3ccccc3Cl)s2)c(C)c1. The lowest BCUT2D eigenvalue weighted by Crippen LogP contribution is -2.23. The Kier molecular flexibility index (Phi) is 7.12. The molecule has 2 aromatic carbocycles. The molecule has 2 amide bonds. The van der Waals surface area contributed by atoms with Gasteiger partial charge < -0.3 is 5.32 Å². The number of nitrogens with one attached hydrogen (secondary N) is 2. The molecule has 0 spiro atoms. The molecule has 2 N–H and O–H groups in total. The molecule has 6 nitrogen and oxygen atoms in total. The molecule has 3 aromatic rings. The Morgan fingerprint density at radius 2 is 1.73 bits per heavy atom. The first kappa shape index (κ1) is 22.3. The van der Waals surface area contributed by atoms with E-state index in [2.05, 4.69) is 20.8 Å². The summed E-state index contributed by atoms with van der Waals surface area (Å²) >= 11 is 8.55. The van der Waals surface area contributed by atoms with E-state index < -0.39 is 0 Å². The Balaban J connectivity index is 1.62. The maximum atomic E-state index is 12.7. The number of hydrogen-bond donors (Lipinski definition) is 2. The van der Waals surface area contributed by atoms with Crippen LogP contribution >= 0.6 is 34.7 Å². The molecule has 156 valence electrons. The summed E-state index contributed by atoms with van der Waals surface area (Å²) in [7, 11) is 0. The van der Waals surface area contributed by atoms with Crippen molar-refractivity contribution in [3.8, 4) is 0 Å². The zero-order valence-corrected chi connectivity index (χ0v) is 19.3. The van der Waals surface area contributed by atoms with E-state index >= 15 is 0 Å². The number of aryl methyl sites for hydroxylation is 3. The standard InChI is InChI=1S/C21H21ClN4O2S2/c1-11-9-12(2)17(13(3)10-11)23-18(27)14(4)29-21-26-25-20(30-21)24-19(28)15-7-5-6-8-16(15)22/h5-10,14H,1-4H3,(H,23,27)(H,24,25,28). The monoisotopic (exact) mass is 460 g/mol. The Labute approximate surface area is 188 Å². The molecule has 0 aliphatic rings. The molecule has 0 radical (unpaired) electrons. The fraction of sp³-hybridized carbons (Fsp3) is 0.238. The molecule has 0 bridgehead atoms. The molecule has 3 rings (SSSR count). The van der Waals surface area contributed by atoms with Crippen LogP contribution in [0.25, 0.3) is 0 Å². The minimum atomic E-state index is -0.384. The average molecular weight is 461 g/mol. The summed E-state index contributed by atoms with van der Waals surface area (Å²) in [6.45, 7) is 7.79. The second kappa shape index (κ2) is 9.59. The van der Waals surface area contributed by atoms with E-state index in [1.165, 1.54) is 23.1 Å². The third-order valence-corrected chi connectivity index (χ3v) is 6.67. The lowest BCUT2D eigenvalue weighted by molar-refractivity contribution is -0.115. The molecule has 30 heavy (non-hydrogen) atoms. The fourth-order valence-corrected chi connectivity index (χ4v) is 5.04. The van der Waals surface area contributed by atoms with E-state index in [0.29, 0.717) is 20.1 Å². The van der Waals surface area contributed by atoms with Crippen molar-refractivity contribution in [2.75, 3.05) is 10.6 Å². The molecule has 0 saturated heterocycles. The van der Waals surface area contributed by atoms with Crippen LogP contribution in [-0.4, -0.2) is 27.3 Å². The fourth-order valence-electron chi connectivity index (χ4n) is 2.92. The van der Waals surface area contributed by atoms with E-state index in [4.69, 9.17) is 11.6 Å². The zero-order chi connectivity index (χ0) is 21.8. The van der Waals surface area contributed by atoms with Crippen molar-refractivity contribution in [2.45, 2.75) is 37.3 Å². The van der Waals surface area contributed by atoms with Gasteiger partial charge in [-0.2, -0.15) is 0 Å². The van der Waals surface area contributed by atoms with Crippen LogP contribution in [0, 0.1) is 20.8 Å². The normalized spacial score (nSPS) is 11.8. The summed E-state index contributed by atoms with van der Waals surface area (Å²) in [6.07, 6.45) is 0. The molecule has 1 aromatic heterocycles. The van der Waals surface area contributed by atoms with Crippen LogP contribution in [0.15, 0.2) is 40.7 Å². The van der Waals surface area contributed by atoms with Gasteiger partial charge in [0.2, 0.25) is 11.0 Å². The predicted molar refractivity (Wildman–Crippen MR) is 124 cm³/mol. The lowest BCUT2D eigenvalue weighted by atomic mass is 10.1. The van der Waals surface area contributed by atoms with E-state index in [1.54, 1.807) is 24.3 Å². The van der Waals surface area contributed by atoms with E-state index in [-0.39, 0.29) is 17.1 Å². The van der Waals surface area contributed by atoms with Gasteiger partial charge in [-0.05, 0) is 51.0 Å². The second-order valence-corrected chi connectivity index (χ2v) is 9.80. The largest absolute Gasteiger partial charge is 0.325 e. The van der Waals surface area contributed by atoms with Crippen molar-refractivity contribution in [3.05, 3.63) is 63.7 Å². The number of hydrogen-bond acceptors (Lipinski definition) is 6. The molecule has 9 heteroatoms. The van der Waals surface area contributed by atoms with Crippen molar-refractivity contribution in [3.63, 3.8) is 0 Å². The summed E-state index contributed by atoms with van der Waals surface area (Å²) in [5.41, 5.74) is 4.41. The second-order valence-electron chi connectivity index (χ2n) is 6.83. The average Bonchev–Trinajstić information content (AvgIpc) is 3.11. The summed E-state index contributed by atoms with van der Waals surface area (Å²) in [5, 5.41) is 14.1. The third-order valence-electron chi connectivity index (χ3n) is 4.32. The summed E-state index contributed by atoms with van der Waals surface area (Å²) in [4.78, 5) is 25.0. The van der Waals surface area contributed by atoms with Gasteiger partial charge in [-0.25, -0.2) is 0 Å². The number of nitrogens with zero attached hydrogens (tertiary/aromatic N) is 2. The minimum absolute atomic E-state index is 0.119. The molecular formula is C21H21ClN4O2S2. The summed E-state index contributed by atoms with van der Waals surface area (Å²) in [6, 6.07) is 10.9. The highest BCUT2D eigenvalue weighted by Gasteiger charge is 2.20. The molecule has 0 saturated carbocycles. The zero-order valence-electron chi connectivity index (χ0n) is 16.9. The van der Waals surface area contributed by atoms with Crippen molar-refractivity contribution in [1.29, 1.82) is 0 Å². The smallest absolute Gasteiger partial charge is 0.259 e. The molecule has 1 unspecified atom stereocenters. The first-order chi connectivity index (χ1) is 14.2. The van der Waals surface area contributed by atoms with Crippen LogP contribution < -0.4 is 10.6 Å². The van der Waals surface area contributed by atoms with E-state index in [9.17, 15) is 9.59 Å². The summed E-state index contributed by atoms with van der Waals surface area (Å²) < 4.78 is 0.587. The van der Waals surface area contributed by atoms with Gasteiger partial charge in [0.15, 0.2) is 4.34 Å². The van der Waals surface area contributed by atoms with Gasteiger partial charge in [0.05, 0.1) is 15.8 Å². The van der Waals surface area contributed by atoms with Crippen LogP contribution in [-0.2, 0) is 4.79 Å². The van der Waals surface area contributed by atoms with Crippen LogP contribution in [0.3, 0.4) is 0 Å². The van der Waals surface area contributed by atoms with Gasteiger partial charge in [-0.3, -0.25) is 14.9 Å². The molecule has 0 aliphatic heterocycles. The first-order valence-electron chi connectivity index (χ1n) is 9.19. The minimum Gasteiger partial charge on any atom is -0.325 e. The Bertz CT molecular complexity index is 1080. The Hall–Kier alpha value is -2.42. The highest BCUT2D eigenvalue weighted by atomic mass is 35.5. The van der Waals surface area contributed by atoms with Gasteiger partial charge in [0.25, 0.3) is 5.91 Å². The van der Waals surface area contributed by atoms with Crippen molar-refractivity contribution >= 4 is 57.3 Å². The van der Waals surface area contributed by atoms with Gasteiger partial charge in [-0.15, -0.1) is 10.2 Å². The number of thioether (sulfide) groups is 1. The van der Waals surface area contributed by atoms with Gasteiger partial charge in [-0.1, -0.05) is 64.5 Å². The lowest BCUT2D eigenvalue weighted by Gasteiger charge is -2.15. The quantitative estimate of drug-likeness (QED) is 0.375. The van der Waals surface area contributed by atoms with E-state index in [0.717, 1.165) is 22.4 Å². The number of carbonyl (C=O) groups is 2. The van der Waals surface area contributed by atoms with Gasteiger partial charge >= 0.3 is 0 Å². The molecule has 1 atom stereocenters. The molecule has 1 heterocycles. The number of halogens is 1. The number of carbonyl (C=O) groups excluding carboxylic acids is 2. The van der Waals surface area contributed by atoms with Crippen molar-refractivity contribution in [2.24, 2.45) is 0 Å². The summed E-state index contributed by atoms with van der Waals surface area (Å²) in [5.74, 6) is -0.476. The maximum absolute atomic E-state index is 12.7. The number of anilines is 2. The number of aromatic nitrogens is 2. The maximum Gasteiger partial charge on any atom is 0.259 e. The Morgan fingerprint density at radius 1 is 1.07 bits per heavy atom. The van der Waals surface area contributed by atoms with Crippen LogP contribution in [0.2, 0.25) is 5.02 Å². The van der Waals surface area contributed by atoms with E-state index in [1.807, 2.05) is 39.8 Å². The van der Waals surface area contributed by atoms with Crippen LogP contribution in [0.1, 0.15) is 34.0 Å². The first-order valence-corrected chi connectivity index (χ1v) is 11.3. The van der Waals surface area contributed by atoms with Gasteiger partial charge in [0, 0.05) is 5.69 Å². The third kappa shape index (κ3) is 5.38. The number of benzene rings is 2. The topological polar surface area (TPSA) is 84.0 Å². The highest BCUT2D eigenvalue weighted by molar-refractivity contribution is 8.02. The predicted octanol–water partition coefficient (Wildman–Crippen LogP) is 5.49. The molecular weight excluding hydrogens is 440 g/mol. The molecule has 0 aliphatic carbocycles. The van der Waals surface area contributed by atoms with Crippen LogP contribution in [0.4, 0.5) is 10.8 Å². The van der Waals surface area contributed by atoms with Gasteiger partial charge in [0.1, 0.15) is 0 Å². The van der Waals surface area contributed by atoms with Crippen molar-refractivity contribution in [1.82, 2.24) is 10.2 Å². The number of amides is 2. The van der Waals surface area contributed by atoms with Crippen LogP contribution in [0.5, 0.6) is 0 Å². The Morgan fingerprint density at radius 3 is 2.40 bits per heavy atom. The number of rotatable bonds is 6. The molecule has 0 fully saturated rings.